The number of hydrogen-bond donors (Lipinski definition) is 0. The maximum atomic E-state index is 5.37. The molecule has 0 amide bonds. The molecule has 1 aliphatic rings. The molecule has 0 aromatic carbocycles. The molecule has 0 aromatic rings. The van der Waals surface area contributed by atoms with Crippen molar-refractivity contribution < 1.29 is 14.2 Å². The summed E-state index contributed by atoms with van der Waals surface area (Å²) in [6.45, 7) is 5.71. The molecule has 1 rings (SSSR count). The van der Waals surface area contributed by atoms with Gasteiger partial charge in [0.2, 0.25) is 0 Å². The average molecular weight is 146 g/mol. The van der Waals surface area contributed by atoms with Gasteiger partial charge in [-0.15, -0.1) is 0 Å². The van der Waals surface area contributed by atoms with Crippen molar-refractivity contribution in [3.63, 3.8) is 0 Å². The third kappa shape index (κ3) is 1.31. The first-order chi connectivity index (χ1) is 4.57. The van der Waals surface area contributed by atoms with E-state index in [1.807, 2.05) is 13.8 Å². The zero-order valence-electron chi connectivity index (χ0n) is 6.88. The first kappa shape index (κ1) is 7.98. The lowest BCUT2D eigenvalue weighted by Crippen LogP contribution is -2.28. The van der Waals surface area contributed by atoms with Crippen LogP contribution in [0.4, 0.5) is 0 Å². The summed E-state index contributed by atoms with van der Waals surface area (Å²) in [7, 11) is 1.57. The van der Waals surface area contributed by atoms with Crippen molar-refractivity contribution in [1.29, 1.82) is 0 Å². The average Bonchev–Trinajstić information content (AvgIpc) is 2.10. The van der Waals surface area contributed by atoms with Crippen LogP contribution in [0.1, 0.15) is 20.8 Å². The number of methoxy groups -OCH3 is 1. The summed E-state index contributed by atoms with van der Waals surface area (Å²) in [5.41, 5.74) is 0. The zero-order valence-corrected chi connectivity index (χ0v) is 6.88. The molecule has 0 saturated carbocycles. The van der Waals surface area contributed by atoms with Crippen LogP contribution in [0, 0.1) is 0 Å². The Balaban J connectivity index is 2.55. The molecular formula is C7H14O3. The van der Waals surface area contributed by atoms with Gasteiger partial charge in [0.15, 0.2) is 0 Å². The fraction of sp³-hybridized carbons (Fsp3) is 1.00. The Bertz CT molecular complexity index is 114. The zero-order chi connectivity index (χ0) is 7.78. The van der Waals surface area contributed by atoms with Gasteiger partial charge in [0.25, 0.3) is 5.97 Å². The van der Waals surface area contributed by atoms with Gasteiger partial charge in [-0.2, -0.15) is 0 Å². The van der Waals surface area contributed by atoms with Crippen LogP contribution in [0.5, 0.6) is 0 Å². The van der Waals surface area contributed by atoms with Gasteiger partial charge in [0.1, 0.15) is 0 Å². The third-order valence-corrected chi connectivity index (χ3v) is 1.83. The van der Waals surface area contributed by atoms with Crippen LogP contribution in [0.15, 0.2) is 0 Å². The first-order valence-corrected chi connectivity index (χ1v) is 3.48. The molecule has 0 N–H and O–H groups in total. The second-order valence-electron chi connectivity index (χ2n) is 2.71. The highest BCUT2D eigenvalue weighted by molar-refractivity contribution is 4.71. The van der Waals surface area contributed by atoms with Crippen molar-refractivity contribution >= 4 is 0 Å². The van der Waals surface area contributed by atoms with E-state index in [0.29, 0.717) is 0 Å². The molecule has 0 aliphatic carbocycles. The Labute approximate surface area is 61.3 Å². The second-order valence-corrected chi connectivity index (χ2v) is 2.71. The largest absolute Gasteiger partial charge is 0.331 e. The lowest BCUT2D eigenvalue weighted by molar-refractivity contribution is -0.316. The molecule has 60 valence electrons. The predicted molar refractivity (Wildman–Crippen MR) is 36.5 cm³/mol. The van der Waals surface area contributed by atoms with E-state index in [0.717, 1.165) is 0 Å². The Morgan fingerprint density at radius 3 is 1.80 bits per heavy atom. The van der Waals surface area contributed by atoms with E-state index in [9.17, 15) is 0 Å². The van der Waals surface area contributed by atoms with Crippen LogP contribution in [0.2, 0.25) is 0 Å². The number of hydrogen-bond acceptors (Lipinski definition) is 3. The smallest absolute Gasteiger partial charge is 0.280 e. The summed E-state index contributed by atoms with van der Waals surface area (Å²) in [4.78, 5) is 0. The molecule has 1 saturated heterocycles. The standard InChI is InChI=1S/C7H14O3/c1-5-6(2)10-7(3,8-4)9-5/h5-6H,1-4H3. The van der Waals surface area contributed by atoms with Crippen molar-refractivity contribution in [1.82, 2.24) is 0 Å². The minimum atomic E-state index is -0.821. The molecular weight excluding hydrogens is 132 g/mol. The summed E-state index contributed by atoms with van der Waals surface area (Å²) in [5, 5.41) is 0. The van der Waals surface area contributed by atoms with E-state index >= 15 is 0 Å². The summed E-state index contributed by atoms with van der Waals surface area (Å²) in [5.74, 6) is -0.821. The highest BCUT2D eigenvalue weighted by Crippen LogP contribution is 2.28. The second kappa shape index (κ2) is 2.49. The molecule has 3 nitrogen and oxygen atoms in total. The highest BCUT2D eigenvalue weighted by Gasteiger charge is 2.40. The van der Waals surface area contributed by atoms with Gasteiger partial charge in [-0.25, -0.2) is 0 Å². The van der Waals surface area contributed by atoms with Gasteiger partial charge >= 0.3 is 0 Å². The molecule has 3 heteroatoms. The van der Waals surface area contributed by atoms with Crippen LogP contribution in [-0.2, 0) is 14.2 Å². The van der Waals surface area contributed by atoms with E-state index in [-0.39, 0.29) is 12.2 Å². The van der Waals surface area contributed by atoms with Gasteiger partial charge in [-0.1, -0.05) is 0 Å². The van der Waals surface area contributed by atoms with Gasteiger partial charge in [0, 0.05) is 14.0 Å². The van der Waals surface area contributed by atoms with Gasteiger partial charge in [-0.3, -0.25) is 0 Å². The quantitative estimate of drug-likeness (QED) is 0.555. The van der Waals surface area contributed by atoms with Gasteiger partial charge < -0.3 is 14.2 Å². The molecule has 10 heavy (non-hydrogen) atoms. The van der Waals surface area contributed by atoms with Gasteiger partial charge in [0.05, 0.1) is 12.2 Å². The van der Waals surface area contributed by atoms with E-state index in [2.05, 4.69) is 0 Å². The lowest BCUT2D eigenvalue weighted by atomic mass is 10.3. The molecule has 0 aromatic heterocycles. The highest BCUT2D eigenvalue weighted by atomic mass is 16.9. The van der Waals surface area contributed by atoms with Crippen LogP contribution in [-0.4, -0.2) is 25.3 Å². The summed E-state index contributed by atoms with van der Waals surface area (Å²) >= 11 is 0. The molecule has 2 atom stereocenters. The topological polar surface area (TPSA) is 27.7 Å². The Morgan fingerprint density at radius 2 is 1.60 bits per heavy atom. The van der Waals surface area contributed by atoms with Crippen molar-refractivity contribution in [2.75, 3.05) is 7.11 Å². The Morgan fingerprint density at radius 1 is 1.20 bits per heavy atom. The third-order valence-electron chi connectivity index (χ3n) is 1.83. The Kier molecular flexibility index (Phi) is 1.99. The van der Waals surface area contributed by atoms with Crippen molar-refractivity contribution in [3.8, 4) is 0 Å². The number of ether oxygens (including phenoxy) is 3. The molecule has 0 radical (unpaired) electrons. The fourth-order valence-corrected chi connectivity index (χ4v) is 0.991. The Hall–Kier alpha value is -0.120. The summed E-state index contributed by atoms with van der Waals surface area (Å²) < 4.78 is 15.7. The fourth-order valence-electron chi connectivity index (χ4n) is 0.991. The van der Waals surface area contributed by atoms with Crippen LogP contribution in [0.3, 0.4) is 0 Å². The normalized spacial score (nSPS) is 48.0. The minimum Gasteiger partial charge on any atom is -0.331 e. The van der Waals surface area contributed by atoms with Gasteiger partial charge in [-0.05, 0) is 13.8 Å². The van der Waals surface area contributed by atoms with Crippen molar-refractivity contribution in [3.05, 3.63) is 0 Å². The van der Waals surface area contributed by atoms with Crippen molar-refractivity contribution in [2.45, 2.75) is 39.0 Å². The van der Waals surface area contributed by atoms with E-state index in [1.54, 1.807) is 14.0 Å². The molecule has 1 aliphatic heterocycles. The monoisotopic (exact) mass is 146 g/mol. The summed E-state index contributed by atoms with van der Waals surface area (Å²) in [6, 6.07) is 0. The van der Waals surface area contributed by atoms with Crippen LogP contribution < -0.4 is 0 Å². The lowest BCUT2D eigenvalue weighted by Gasteiger charge is -2.19. The summed E-state index contributed by atoms with van der Waals surface area (Å²) in [6.07, 6.45) is 0.231. The van der Waals surface area contributed by atoms with E-state index in [4.69, 9.17) is 14.2 Å². The molecule has 1 heterocycles. The minimum absolute atomic E-state index is 0.116. The maximum Gasteiger partial charge on any atom is 0.280 e. The molecule has 0 bridgehead atoms. The van der Waals surface area contributed by atoms with E-state index < -0.39 is 5.97 Å². The molecule has 0 spiro atoms. The first-order valence-electron chi connectivity index (χ1n) is 3.48. The SMILES string of the molecule is COC1(C)OC(C)C(C)O1. The molecule has 2 unspecified atom stereocenters. The molecule has 1 fully saturated rings. The van der Waals surface area contributed by atoms with E-state index in [1.165, 1.54) is 0 Å². The van der Waals surface area contributed by atoms with Crippen LogP contribution >= 0.6 is 0 Å². The predicted octanol–water partition coefficient (Wildman–Crippen LogP) is 1.13. The number of rotatable bonds is 1. The van der Waals surface area contributed by atoms with Crippen LogP contribution in [0.25, 0.3) is 0 Å². The maximum absolute atomic E-state index is 5.37. The van der Waals surface area contributed by atoms with Crippen molar-refractivity contribution in [2.24, 2.45) is 0 Å².